The first-order valence-corrected chi connectivity index (χ1v) is 5.37. The molecule has 0 aliphatic rings. The Morgan fingerprint density at radius 3 is 2.58 bits per heavy atom. The quantitative estimate of drug-likeness (QED) is 0.851. The minimum absolute atomic E-state index is 0.0937. The molecule has 19 heavy (non-hydrogen) atoms. The molecule has 0 aromatic carbocycles. The minimum atomic E-state index is -5.01. The van der Waals surface area contributed by atoms with E-state index < -0.39 is 30.1 Å². The van der Waals surface area contributed by atoms with Crippen molar-refractivity contribution in [2.75, 3.05) is 6.61 Å². The largest absolute Gasteiger partial charge is 0.573 e. The highest BCUT2D eigenvalue weighted by Gasteiger charge is 2.34. The van der Waals surface area contributed by atoms with Gasteiger partial charge in [0.2, 0.25) is 0 Å². The predicted molar refractivity (Wildman–Crippen MR) is 58.8 cm³/mol. The molecule has 0 amide bonds. The van der Waals surface area contributed by atoms with Crippen LogP contribution in [-0.4, -0.2) is 23.9 Å². The molecule has 0 aliphatic carbocycles. The van der Waals surface area contributed by atoms with Gasteiger partial charge < -0.3 is 14.5 Å². The smallest absolute Gasteiger partial charge is 0.466 e. The van der Waals surface area contributed by atoms with Crippen LogP contribution in [0.15, 0.2) is 10.9 Å². The van der Waals surface area contributed by atoms with Crippen LogP contribution >= 0.6 is 0 Å². The fourth-order valence-electron chi connectivity index (χ4n) is 1.47. The summed E-state index contributed by atoms with van der Waals surface area (Å²) < 4.78 is 44.9. The van der Waals surface area contributed by atoms with Gasteiger partial charge in [-0.25, -0.2) is 0 Å². The number of hydrogen-bond donors (Lipinski definition) is 1. The molecule has 1 heterocycles. The third-order valence-corrected chi connectivity index (χ3v) is 2.06. The standard InChI is InChI=1S/C11H12F3NO4/c1-3-18-8(16)5-7-4-6(2)15-10(17)9(7)19-11(12,13)14/h4H,3,5H2,1-2H3,(H,15,17). The van der Waals surface area contributed by atoms with E-state index in [4.69, 9.17) is 0 Å². The normalized spacial score (nSPS) is 11.2. The van der Waals surface area contributed by atoms with Crippen molar-refractivity contribution in [2.45, 2.75) is 26.6 Å². The first kappa shape index (κ1) is 15.1. The maximum absolute atomic E-state index is 12.2. The lowest BCUT2D eigenvalue weighted by molar-refractivity contribution is -0.275. The minimum Gasteiger partial charge on any atom is -0.466 e. The van der Waals surface area contributed by atoms with E-state index in [0.717, 1.165) is 0 Å². The van der Waals surface area contributed by atoms with Crippen molar-refractivity contribution in [3.05, 3.63) is 27.7 Å². The van der Waals surface area contributed by atoms with Crippen molar-refractivity contribution >= 4 is 5.97 Å². The lowest BCUT2D eigenvalue weighted by Gasteiger charge is -2.12. The summed E-state index contributed by atoms with van der Waals surface area (Å²) in [6.07, 6.45) is -5.48. The van der Waals surface area contributed by atoms with Crippen LogP contribution in [0.3, 0.4) is 0 Å². The average Bonchev–Trinajstić information content (AvgIpc) is 2.22. The Labute approximate surface area is 106 Å². The molecule has 0 atom stereocenters. The van der Waals surface area contributed by atoms with Gasteiger partial charge in [-0.05, 0) is 19.9 Å². The van der Waals surface area contributed by atoms with E-state index in [2.05, 4.69) is 14.5 Å². The summed E-state index contributed by atoms with van der Waals surface area (Å²) in [4.78, 5) is 24.9. The third-order valence-electron chi connectivity index (χ3n) is 2.06. The van der Waals surface area contributed by atoms with E-state index in [0.29, 0.717) is 5.69 Å². The summed E-state index contributed by atoms with van der Waals surface area (Å²) in [5.74, 6) is -1.68. The Kier molecular flexibility index (Phi) is 4.57. The van der Waals surface area contributed by atoms with Crippen molar-refractivity contribution in [3.63, 3.8) is 0 Å². The molecule has 1 rings (SSSR count). The fourth-order valence-corrected chi connectivity index (χ4v) is 1.47. The van der Waals surface area contributed by atoms with Gasteiger partial charge in [0.15, 0.2) is 5.75 Å². The Morgan fingerprint density at radius 2 is 2.05 bits per heavy atom. The van der Waals surface area contributed by atoms with Crippen LogP contribution in [0, 0.1) is 6.92 Å². The van der Waals surface area contributed by atoms with Gasteiger partial charge in [0.25, 0.3) is 5.56 Å². The van der Waals surface area contributed by atoms with Crippen molar-refractivity contribution in [3.8, 4) is 5.75 Å². The van der Waals surface area contributed by atoms with Crippen LogP contribution < -0.4 is 10.3 Å². The number of aromatic amines is 1. The number of nitrogens with one attached hydrogen (secondary N) is 1. The van der Waals surface area contributed by atoms with Crippen LogP contribution in [0.2, 0.25) is 0 Å². The molecular formula is C11H12F3NO4. The highest BCUT2D eigenvalue weighted by molar-refractivity contribution is 5.73. The average molecular weight is 279 g/mol. The zero-order valence-electron chi connectivity index (χ0n) is 10.3. The number of ether oxygens (including phenoxy) is 2. The molecule has 5 nitrogen and oxygen atoms in total. The van der Waals surface area contributed by atoms with Crippen LogP contribution in [0.5, 0.6) is 5.75 Å². The van der Waals surface area contributed by atoms with Gasteiger partial charge in [-0.15, -0.1) is 13.2 Å². The maximum Gasteiger partial charge on any atom is 0.573 e. The summed E-state index contributed by atoms with van der Waals surface area (Å²) in [5, 5.41) is 0. The topological polar surface area (TPSA) is 68.4 Å². The number of halogens is 3. The van der Waals surface area contributed by atoms with Crippen molar-refractivity contribution in [1.82, 2.24) is 4.98 Å². The zero-order chi connectivity index (χ0) is 14.6. The summed E-state index contributed by atoms with van der Waals surface area (Å²) in [5.41, 5.74) is -0.896. The molecule has 0 saturated heterocycles. The fraction of sp³-hybridized carbons (Fsp3) is 0.455. The van der Waals surface area contributed by atoms with Gasteiger partial charge >= 0.3 is 12.3 Å². The van der Waals surface area contributed by atoms with Gasteiger partial charge in [-0.1, -0.05) is 0 Å². The molecular weight excluding hydrogens is 267 g/mol. The second-order valence-electron chi connectivity index (χ2n) is 3.67. The monoisotopic (exact) mass is 279 g/mol. The van der Waals surface area contributed by atoms with Gasteiger partial charge in [0, 0.05) is 11.3 Å². The number of hydrogen-bond acceptors (Lipinski definition) is 4. The maximum atomic E-state index is 12.2. The number of rotatable bonds is 4. The summed E-state index contributed by atoms with van der Waals surface area (Å²) in [6, 6.07) is 1.24. The summed E-state index contributed by atoms with van der Waals surface area (Å²) in [6.45, 7) is 3.14. The number of carbonyl (C=O) groups excluding carboxylic acids is 1. The number of aromatic nitrogens is 1. The molecule has 8 heteroatoms. The molecule has 0 radical (unpaired) electrons. The molecule has 1 aromatic rings. The number of esters is 1. The van der Waals surface area contributed by atoms with Crippen molar-refractivity contribution in [2.24, 2.45) is 0 Å². The second-order valence-corrected chi connectivity index (χ2v) is 3.67. The van der Waals surface area contributed by atoms with Gasteiger partial charge in [-0.2, -0.15) is 0 Å². The molecule has 0 unspecified atom stereocenters. The molecule has 0 aliphatic heterocycles. The van der Waals surface area contributed by atoms with E-state index in [1.54, 1.807) is 6.92 Å². The number of H-pyrrole nitrogens is 1. The van der Waals surface area contributed by atoms with E-state index in [1.165, 1.54) is 13.0 Å². The molecule has 1 N–H and O–H groups in total. The molecule has 0 fully saturated rings. The molecule has 0 spiro atoms. The van der Waals surface area contributed by atoms with Crippen LogP contribution in [0.4, 0.5) is 13.2 Å². The Morgan fingerprint density at radius 1 is 1.42 bits per heavy atom. The number of pyridine rings is 1. The lowest BCUT2D eigenvalue weighted by atomic mass is 10.1. The van der Waals surface area contributed by atoms with Crippen molar-refractivity contribution < 1.29 is 27.4 Å². The summed E-state index contributed by atoms with van der Waals surface area (Å²) >= 11 is 0. The Bertz CT molecular complexity index is 522. The van der Waals surface area contributed by atoms with E-state index in [1.807, 2.05) is 0 Å². The molecule has 1 aromatic heterocycles. The van der Waals surface area contributed by atoms with E-state index >= 15 is 0 Å². The number of alkyl halides is 3. The molecule has 0 bridgehead atoms. The third kappa shape index (κ3) is 4.65. The van der Waals surface area contributed by atoms with Crippen molar-refractivity contribution in [1.29, 1.82) is 0 Å². The van der Waals surface area contributed by atoms with Crippen LogP contribution in [0.25, 0.3) is 0 Å². The summed E-state index contributed by atoms with van der Waals surface area (Å²) in [7, 11) is 0. The highest BCUT2D eigenvalue weighted by Crippen LogP contribution is 2.23. The second kappa shape index (κ2) is 5.77. The number of carbonyl (C=O) groups is 1. The molecule has 0 saturated carbocycles. The van der Waals surface area contributed by atoms with Crippen LogP contribution in [0.1, 0.15) is 18.2 Å². The van der Waals surface area contributed by atoms with Gasteiger partial charge in [0.05, 0.1) is 13.0 Å². The predicted octanol–water partition coefficient (Wildman–Crippen LogP) is 1.69. The SMILES string of the molecule is CCOC(=O)Cc1cc(C)[nH]c(=O)c1OC(F)(F)F. The van der Waals surface area contributed by atoms with Gasteiger partial charge in [-0.3, -0.25) is 9.59 Å². The molecule has 106 valence electrons. The lowest BCUT2D eigenvalue weighted by Crippen LogP contribution is -2.25. The Hall–Kier alpha value is -1.99. The highest BCUT2D eigenvalue weighted by atomic mass is 19.4. The number of aryl methyl sites for hydroxylation is 1. The van der Waals surface area contributed by atoms with E-state index in [-0.39, 0.29) is 12.2 Å². The first-order chi connectivity index (χ1) is 8.73. The van der Waals surface area contributed by atoms with Gasteiger partial charge in [0.1, 0.15) is 0 Å². The zero-order valence-corrected chi connectivity index (χ0v) is 10.3. The first-order valence-electron chi connectivity index (χ1n) is 5.37. The Balaban J connectivity index is 3.13. The van der Waals surface area contributed by atoms with Crippen LogP contribution in [-0.2, 0) is 16.0 Å². The van der Waals surface area contributed by atoms with E-state index in [9.17, 15) is 22.8 Å².